The van der Waals surface area contributed by atoms with Crippen LogP contribution in [0.1, 0.15) is 34.5 Å². The van der Waals surface area contributed by atoms with Crippen molar-refractivity contribution in [2.24, 2.45) is 0 Å². The number of benzene rings is 1. The minimum Gasteiger partial charge on any atom is -0.356 e. The highest BCUT2D eigenvalue weighted by molar-refractivity contribution is 7.12. The second-order valence-electron chi connectivity index (χ2n) is 7.35. The molecule has 3 aromatic rings. The molecule has 7 nitrogen and oxygen atoms in total. The van der Waals surface area contributed by atoms with Gasteiger partial charge in [0.05, 0.1) is 4.88 Å². The van der Waals surface area contributed by atoms with Gasteiger partial charge in [0.2, 0.25) is 0 Å². The first-order valence-corrected chi connectivity index (χ1v) is 11.3. The summed E-state index contributed by atoms with van der Waals surface area (Å²) in [6.07, 6.45) is 5.39. The Kier molecular flexibility index (Phi) is 6.78. The maximum absolute atomic E-state index is 12.5. The molecule has 1 fully saturated rings. The third-order valence-electron chi connectivity index (χ3n) is 5.09. The van der Waals surface area contributed by atoms with Crippen molar-refractivity contribution in [2.75, 3.05) is 28.6 Å². The Hall–Kier alpha value is -3.39. The van der Waals surface area contributed by atoms with Crippen LogP contribution in [0.25, 0.3) is 0 Å². The molecule has 0 bridgehead atoms. The largest absolute Gasteiger partial charge is 0.356 e. The Balaban J connectivity index is 1.34. The lowest BCUT2D eigenvalue weighted by atomic mass is 10.1. The normalized spacial score (nSPS) is 13.5. The highest BCUT2D eigenvalue weighted by atomic mass is 32.1. The standard InChI is InChI=1S/C23H25N5O2S/c29-22(20-10-6-14-31-20)26-18-8-4-9-19(15-18)27-23(30)25-16-17-7-5-11-24-21(17)28-12-2-1-3-13-28/h4-11,14-15H,1-3,12-13,16H2,(H,26,29)(H2,25,27,30). The van der Waals surface area contributed by atoms with E-state index in [9.17, 15) is 9.59 Å². The molecule has 31 heavy (non-hydrogen) atoms. The summed E-state index contributed by atoms with van der Waals surface area (Å²) in [7, 11) is 0. The second-order valence-corrected chi connectivity index (χ2v) is 8.30. The Bertz CT molecular complexity index is 1030. The van der Waals surface area contributed by atoms with E-state index < -0.39 is 0 Å². The number of anilines is 3. The van der Waals surface area contributed by atoms with Crippen molar-refractivity contribution in [3.05, 3.63) is 70.5 Å². The number of piperidine rings is 1. The molecule has 160 valence electrons. The molecular formula is C23H25N5O2S. The van der Waals surface area contributed by atoms with Gasteiger partial charge >= 0.3 is 6.03 Å². The lowest BCUT2D eigenvalue weighted by Gasteiger charge is -2.29. The van der Waals surface area contributed by atoms with E-state index in [2.05, 4.69) is 25.8 Å². The van der Waals surface area contributed by atoms with E-state index in [0.717, 1.165) is 24.5 Å². The van der Waals surface area contributed by atoms with Crippen LogP contribution in [-0.2, 0) is 6.54 Å². The Labute approximate surface area is 185 Å². The smallest absolute Gasteiger partial charge is 0.319 e. The summed E-state index contributed by atoms with van der Waals surface area (Å²) in [6.45, 7) is 2.39. The van der Waals surface area contributed by atoms with Crippen LogP contribution in [0.3, 0.4) is 0 Å². The Morgan fingerprint density at radius 2 is 1.77 bits per heavy atom. The van der Waals surface area contributed by atoms with Gasteiger partial charge in [-0.25, -0.2) is 9.78 Å². The quantitative estimate of drug-likeness (QED) is 0.523. The first-order chi connectivity index (χ1) is 15.2. The fraction of sp³-hybridized carbons (Fsp3) is 0.261. The molecule has 1 aliphatic rings. The van der Waals surface area contributed by atoms with Crippen LogP contribution in [0.5, 0.6) is 0 Å². The SMILES string of the molecule is O=C(NCc1cccnc1N1CCCCC1)Nc1cccc(NC(=O)c2cccs2)c1. The molecule has 0 aliphatic carbocycles. The van der Waals surface area contributed by atoms with Crippen LogP contribution in [-0.4, -0.2) is 30.0 Å². The maximum atomic E-state index is 12.5. The van der Waals surface area contributed by atoms with Crippen LogP contribution in [0.4, 0.5) is 22.0 Å². The van der Waals surface area contributed by atoms with E-state index >= 15 is 0 Å². The molecular weight excluding hydrogens is 410 g/mol. The van der Waals surface area contributed by atoms with E-state index in [0.29, 0.717) is 22.8 Å². The molecule has 4 rings (SSSR count). The number of rotatable bonds is 6. The van der Waals surface area contributed by atoms with Gasteiger partial charge in [0.15, 0.2) is 0 Å². The van der Waals surface area contributed by atoms with E-state index in [4.69, 9.17) is 0 Å². The number of pyridine rings is 1. The number of thiophene rings is 1. The van der Waals surface area contributed by atoms with Crippen molar-refractivity contribution in [3.63, 3.8) is 0 Å². The minimum atomic E-state index is -0.310. The lowest BCUT2D eigenvalue weighted by molar-refractivity contribution is 0.103. The molecule has 8 heteroatoms. The number of hydrogen-bond acceptors (Lipinski definition) is 5. The predicted octanol–water partition coefficient (Wildman–Crippen LogP) is 4.71. The predicted molar refractivity (Wildman–Crippen MR) is 125 cm³/mol. The number of urea groups is 1. The fourth-order valence-corrected chi connectivity index (χ4v) is 4.20. The molecule has 0 atom stereocenters. The number of carbonyl (C=O) groups is 2. The summed E-state index contributed by atoms with van der Waals surface area (Å²) >= 11 is 1.38. The van der Waals surface area contributed by atoms with E-state index in [-0.39, 0.29) is 11.9 Å². The summed E-state index contributed by atoms with van der Waals surface area (Å²) < 4.78 is 0. The zero-order chi connectivity index (χ0) is 21.5. The molecule has 3 heterocycles. The van der Waals surface area contributed by atoms with Gasteiger partial charge < -0.3 is 20.9 Å². The number of carbonyl (C=O) groups excluding carboxylic acids is 2. The maximum Gasteiger partial charge on any atom is 0.319 e. The number of amides is 3. The fourth-order valence-electron chi connectivity index (χ4n) is 3.58. The van der Waals surface area contributed by atoms with Crippen molar-refractivity contribution >= 4 is 40.5 Å². The zero-order valence-electron chi connectivity index (χ0n) is 17.1. The number of nitrogens with zero attached hydrogens (tertiary/aromatic N) is 2. The Morgan fingerprint density at radius 3 is 2.55 bits per heavy atom. The van der Waals surface area contributed by atoms with Crippen LogP contribution in [0.2, 0.25) is 0 Å². The van der Waals surface area contributed by atoms with Gasteiger partial charge in [-0.2, -0.15) is 0 Å². The first-order valence-electron chi connectivity index (χ1n) is 10.4. The summed E-state index contributed by atoms with van der Waals surface area (Å²) in [5, 5.41) is 10.4. The van der Waals surface area contributed by atoms with Gasteiger partial charge in [0.25, 0.3) is 5.91 Å². The molecule has 1 aliphatic heterocycles. The van der Waals surface area contributed by atoms with Gasteiger partial charge in [-0.05, 0) is 55.0 Å². The highest BCUT2D eigenvalue weighted by Gasteiger charge is 2.16. The van der Waals surface area contributed by atoms with E-state index in [1.807, 2.05) is 23.6 Å². The molecule has 0 spiro atoms. The lowest BCUT2D eigenvalue weighted by Crippen LogP contribution is -2.33. The number of aromatic nitrogens is 1. The zero-order valence-corrected chi connectivity index (χ0v) is 18.0. The molecule has 3 amide bonds. The second kappa shape index (κ2) is 10.1. The summed E-state index contributed by atoms with van der Waals surface area (Å²) in [5.74, 6) is 0.777. The van der Waals surface area contributed by atoms with Crippen LogP contribution < -0.4 is 20.9 Å². The van der Waals surface area contributed by atoms with Crippen molar-refractivity contribution < 1.29 is 9.59 Å². The van der Waals surface area contributed by atoms with Crippen LogP contribution in [0.15, 0.2) is 60.1 Å². The average molecular weight is 436 g/mol. The van der Waals surface area contributed by atoms with Crippen molar-refractivity contribution in [1.29, 1.82) is 0 Å². The topological polar surface area (TPSA) is 86.4 Å². The molecule has 0 radical (unpaired) electrons. The highest BCUT2D eigenvalue weighted by Crippen LogP contribution is 2.22. The first kappa shape index (κ1) is 20.9. The van der Waals surface area contributed by atoms with Crippen molar-refractivity contribution in [3.8, 4) is 0 Å². The average Bonchev–Trinajstić information content (AvgIpc) is 3.34. The monoisotopic (exact) mass is 435 g/mol. The third kappa shape index (κ3) is 5.61. The molecule has 2 aromatic heterocycles. The van der Waals surface area contributed by atoms with Crippen LogP contribution in [0, 0.1) is 0 Å². The minimum absolute atomic E-state index is 0.168. The summed E-state index contributed by atoms with van der Waals surface area (Å²) in [6, 6.07) is 14.3. The van der Waals surface area contributed by atoms with E-state index in [1.165, 1.54) is 30.6 Å². The molecule has 0 saturated carbocycles. The number of nitrogens with one attached hydrogen (secondary N) is 3. The van der Waals surface area contributed by atoms with Gasteiger partial charge in [0.1, 0.15) is 5.82 Å². The number of hydrogen-bond donors (Lipinski definition) is 3. The van der Waals surface area contributed by atoms with Gasteiger partial charge in [0, 0.05) is 42.8 Å². The Morgan fingerprint density at radius 1 is 0.968 bits per heavy atom. The van der Waals surface area contributed by atoms with E-state index in [1.54, 1.807) is 36.5 Å². The van der Waals surface area contributed by atoms with Gasteiger partial charge in [-0.3, -0.25) is 4.79 Å². The molecule has 1 aromatic carbocycles. The van der Waals surface area contributed by atoms with Crippen LogP contribution >= 0.6 is 11.3 Å². The van der Waals surface area contributed by atoms with Gasteiger partial charge in [-0.15, -0.1) is 11.3 Å². The van der Waals surface area contributed by atoms with Crippen molar-refractivity contribution in [2.45, 2.75) is 25.8 Å². The van der Waals surface area contributed by atoms with Gasteiger partial charge in [-0.1, -0.05) is 18.2 Å². The van der Waals surface area contributed by atoms with Crippen molar-refractivity contribution in [1.82, 2.24) is 10.3 Å². The third-order valence-corrected chi connectivity index (χ3v) is 5.95. The molecule has 0 unspecified atom stereocenters. The molecule has 3 N–H and O–H groups in total. The summed E-state index contributed by atoms with van der Waals surface area (Å²) in [4.78, 5) is 32.1. The summed E-state index contributed by atoms with van der Waals surface area (Å²) in [5.41, 5.74) is 2.22. The molecule has 1 saturated heterocycles.